The minimum atomic E-state index is -0.541. The summed E-state index contributed by atoms with van der Waals surface area (Å²) in [4.78, 5) is 24.7. The number of halogens is 1. The topological polar surface area (TPSA) is 111 Å². The van der Waals surface area contributed by atoms with Crippen LogP contribution < -0.4 is 5.32 Å². The molecule has 0 aliphatic rings. The lowest BCUT2D eigenvalue weighted by atomic mass is 10.1. The van der Waals surface area contributed by atoms with Crippen LogP contribution >= 0.6 is 15.9 Å². The third kappa shape index (κ3) is 3.19. The molecule has 0 fully saturated rings. The van der Waals surface area contributed by atoms with Crippen LogP contribution in [0.2, 0.25) is 0 Å². The number of hydrogen-bond acceptors (Lipinski definition) is 6. The summed E-state index contributed by atoms with van der Waals surface area (Å²) in [5, 5.41) is 24.9. The summed E-state index contributed by atoms with van der Waals surface area (Å²) in [7, 11) is 0. The van der Waals surface area contributed by atoms with Crippen LogP contribution in [0.25, 0.3) is 0 Å². The number of benzene rings is 1. The van der Waals surface area contributed by atoms with Gasteiger partial charge in [-0.05, 0) is 28.4 Å². The van der Waals surface area contributed by atoms with Crippen molar-refractivity contribution < 1.29 is 9.85 Å². The number of anilines is 1. The van der Waals surface area contributed by atoms with Gasteiger partial charge in [-0.15, -0.1) is 0 Å². The predicted molar refractivity (Wildman–Crippen MR) is 83.8 cm³/mol. The van der Waals surface area contributed by atoms with Gasteiger partial charge >= 0.3 is 5.69 Å². The Labute approximate surface area is 133 Å². The van der Waals surface area contributed by atoms with Crippen molar-refractivity contribution in [2.75, 3.05) is 5.32 Å². The second kappa shape index (κ2) is 6.48. The standard InChI is InChI=1S/C13H11BrN4O4/c1-8-9(3-2-4-11(8)17(19)20)5-16-13-10(14)6-15-7-12(13)18(21)22/h2-4,6-7H,5H2,1H3,(H,15,16). The molecule has 22 heavy (non-hydrogen) atoms. The van der Waals surface area contributed by atoms with Crippen molar-refractivity contribution in [3.05, 3.63) is 66.4 Å². The summed E-state index contributed by atoms with van der Waals surface area (Å²) in [6.07, 6.45) is 2.59. The van der Waals surface area contributed by atoms with Crippen molar-refractivity contribution in [3.63, 3.8) is 0 Å². The van der Waals surface area contributed by atoms with Gasteiger partial charge in [-0.2, -0.15) is 0 Å². The van der Waals surface area contributed by atoms with Crippen LogP contribution in [0.5, 0.6) is 0 Å². The number of pyridine rings is 1. The Balaban J connectivity index is 2.30. The van der Waals surface area contributed by atoms with E-state index in [-0.39, 0.29) is 23.6 Å². The molecule has 2 rings (SSSR count). The van der Waals surface area contributed by atoms with E-state index in [1.165, 1.54) is 12.3 Å². The first-order valence-corrected chi connectivity index (χ1v) is 6.95. The molecule has 0 unspecified atom stereocenters. The fraction of sp³-hybridized carbons (Fsp3) is 0.154. The Morgan fingerprint density at radius 3 is 2.50 bits per heavy atom. The average Bonchev–Trinajstić information content (AvgIpc) is 2.46. The van der Waals surface area contributed by atoms with Gasteiger partial charge in [0.05, 0.1) is 14.3 Å². The highest BCUT2D eigenvalue weighted by Crippen LogP contribution is 2.32. The van der Waals surface area contributed by atoms with Crippen molar-refractivity contribution in [2.24, 2.45) is 0 Å². The molecule has 0 saturated carbocycles. The highest BCUT2D eigenvalue weighted by molar-refractivity contribution is 9.10. The maximum absolute atomic E-state index is 11.0. The molecule has 9 heteroatoms. The predicted octanol–water partition coefficient (Wildman–Crippen LogP) is 3.58. The van der Waals surface area contributed by atoms with E-state index in [4.69, 9.17) is 0 Å². The van der Waals surface area contributed by atoms with Crippen molar-refractivity contribution in [2.45, 2.75) is 13.5 Å². The van der Waals surface area contributed by atoms with Crippen LogP contribution in [0.3, 0.4) is 0 Å². The van der Waals surface area contributed by atoms with E-state index in [1.807, 2.05) is 0 Å². The van der Waals surface area contributed by atoms with E-state index in [2.05, 4.69) is 26.2 Å². The van der Waals surface area contributed by atoms with E-state index < -0.39 is 9.85 Å². The Morgan fingerprint density at radius 2 is 1.86 bits per heavy atom. The molecule has 1 aromatic heterocycles. The van der Waals surface area contributed by atoms with Crippen molar-refractivity contribution in [3.8, 4) is 0 Å². The monoisotopic (exact) mass is 366 g/mol. The summed E-state index contributed by atoms with van der Waals surface area (Å²) in [6.45, 7) is 1.86. The molecule has 1 N–H and O–H groups in total. The van der Waals surface area contributed by atoms with Gasteiger partial charge in [-0.1, -0.05) is 12.1 Å². The second-order valence-electron chi connectivity index (χ2n) is 4.44. The quantitative estimate of drug-likeness (QED) is 0.639. The molecule has 0 amide bonds. The van der Waals surface area contributed by atoms with Crippen LogP contribution in [0, 0.1) is 27.2 Å². The first kappa shape index (κ1) is 15.8. The lowest BCUT2D eigenvalue weighted by Gasteiger charge is -2.10. The maximum Gasteiger partial charge on any atom is 0.311 e. The number of rotatable bonds is 5. The number of hydrogen-bond donors (Lipinski definition) is 1. The average molecular weight is 367 g/mol. The first-order valence-electron chi connectivity index (χ1n) is 6.16. The number of nitrogens with zero attached hydrogens (tertiary/aromatic N) is 3. The highest BCUT2D eigenvalue weighted by Gasteiger charge is 2.18. The van der Waals surface area contributed by atoms with Crippen molar-refractivity contribution in [1.82, 2.24) is 4.98 Å². The van der Waals surface area contributed by atoms with Crippen LogP contribution in [0.15, 0.2) is 35.1 Å². The summed E-state index contributed by atoms with van der Waals surface area (Å²) in [5.41, 5.74) is 1.34. The molecular formula is C13H11BrN4O4. The van der Waals surface area contributed by atoms with Crippen molar-refractivity contribution >= 4 is 33.0 Å². The number of nitro benzene ring substituents is 1. The molecule has 1 heterocycles. The number of aromatic nitrogens is 1. The molecule has 0 aliphatic heterocycles. The minimum Gasteiger partial charge on any atom is -0.374 e. The van der Waals surface area contributed by atoms with Crippen LogP contribution in [0.4, 0.5) is 17.1 Å². The zero-order chi connectivity index (χ0) is 16.3. The van der Waals surface area contributed by atoms with Gasteiger partial charge in [-0.25, -0.2) is 0 Å². The molecule has 1 aromatic carbocycles. The fourth-order valence-corrected chi connectivity index (χ4v) is 2.44. The van der Waals surface area contributed by atoms with E-state index in [1.54, 1.807) is 19.1 Å². The largest absolute Gasteiger partial charge is 0.374 e. The Morgan fingerprint density at radius 1 is 1.18 bits per heavy atom. The van der Waals surface area contributed by atoms with E-state index in [9.17, 15) is 20.2 Å². The first-order chi connectivity index (χ1) is 10.4. The SMILES string of the molecule is Cc1c(CNc2c(Br)cncc2[N+](=O)[O-])cccc1[N+](=O)[O-]. The summed E-state index contributed by atoms with van der Waals surface area (Å²) < 4.78 is 0.449. The molecule has 0 bridgehead atoms. The van der Waals surface area contributed by atoms with Gasteiger partial charge in [0.25, 0.3) is 5.69 Å². The molecule has 2 aromatic rings. The molecule has 0 radical (unpaired) electrons. The molecule has 0 spiro atoms. The van der Waals surface area contributed by atoms with Crippen molar-refractivity contribution in [1.29, 1.82) is 0 Å². The highest BCUT2D eigenvalue weighted by atomic mass is 79.9. The van der Waals surface area contributed by atoms with Crippen LogP contribution in [-0.4, -0.2) is 14.8 Å². The second-order valence-corrected chi connectivity index (χ2v) is 5.30. The van der Waals surface area contributed by atoms with Crippen LogP contribution in [0.1, 0.15) is 11.1 Å². The molecule has 0 atom stereocenters. The molecule has 114 valence electrons. The summed E-state index contributed by atoms with van der Waals surface area (Å²) in [5.74, 6) is 0. The number of nitrogens with one attached hydrogen (secondary N) is 1. The zero-order valence-corrected chi connectivity index (χ0v) is 13.0. The lowest BCUT2D eigenvalue weighted by Crippen LogP contribution is -2.06. The summed E-state index contributed by atoms with van der Waals surface area (Å²) in [6, 6.07) is 4.73. The van der Waals surface area contributed by atoms with E-state index in [0.717, 1.165) is 6.20 Å². The summed E-state index contributed by atoms with van der Waals surface area (Å²) >= 11 is 3.21. The smallest absolute Gasteiger partial charge is 0.311 e. The third-order valence-corrected chi connectivity index (χ3v) is 3.75. The van der Waals surface area contributed by atoms with Gasteiger partial charge in [0.1, 0.15) is 11.9 Å². The fourth-order valence-electron chi connectivity index (χ4n) is 1.98. The number of nitro groups is 2. The maximum atomic E-state index is 11.0. The van der Waals surface area contributed by atoms with E-state index in [0.29, 0.717) is 15.6 Å². The zero-order valence-electron chi connectivity index (χ0n) is 11.4. The van der Waals surface area contributed by atoms with Gasteiger partial charge in [0.15, 0.2) is 0 Å². The minimum absolute atomic E-state index is 0.0163. The Bertz CT molecular complexity index is 751. The normalized spacial score (nSPS) is 10.3. The van der Waals surface area contributed by atoms with Gasteiger partial charge in [-0.3, -0.25) is 25.2 Å². The molecule has 8 nitrogen and oxygen atoms in total. The third-order valence-electron chi connectivity index (χ3n) is 3.15. The molecule has 0 aliphatic carbocycles. The van der Waals surface area contributed by atoms with E-state index >= 15 is 0 Å². The van der Waals surface area contributed by atoms with Crippen LogP contribution in [-0.2, 0) is 6.54 Å². The Hall–Kier alpha value is -2.55. The molecular weight excluding hydrogens is 356 g/mol. The van der Waals surface area contributed by atoms with Gasteiger partial charge < -0.3 is 5.32 Å². The lowest BCUT2D eigenvalue weighted by molar-refractivity contribution is -0.385. The van der Waals surface area contributed by atoms with Gasteiger partial charge in [0, 0.05) is 24.4 Å². The Kier molecular flexibility index (Phi) is 4.66. The van der Waals surface area contributed by atoms with Gasteiger partial charge in [0.2, 0.25) is 0 Å². The molecule has 0 saturated heterocycles.